The van der Waals surface area contributed by atoms with Crippen molar-refractivity contribution in [3.05, 3.63) is 46.5 Å². The Kier molecular flexibility index (Phi) is 7.75. The fraction of sp³-hybridized carbons (Fsp3) is 0.375. The predicted molar refractivity (Wildman–Crippen MR) is 83.6 cm³/mol. The maximum absolute atomic E-state index is 14.3. The van der Waals surface area contributed by atoms with Crippen LogP contribution in [0.4, 0.5) is 35.1 Å². The highest BCUT2D eigenvalue weighted by molar-refractivity contribution is 6.29. The molecule has 0 bridgehead atoms. The Morgan fingerprint density at radius 2 is 1.50 bits per heavy atom. The molecule has 1 aromatic heterocycles. The van der Waals surface area contributed by atoms with E-state index in [9.17, 15) is 35.1 Å². The number of aryl methyl sites for hydroxylation is 1. The standard InChI is InChI=1S/C15H11ClF8N2O.CO2/c1-2-11-25-6-10(16)26(11)12-8(17)3-7(4-9(12)18)5-13(27,14(19,20)21)15(22,23)24;2-1-3/h3-4,6,27H,2,5H2,1H3;. The number of alkyl halides is 6. The van der Waals surface area contributed by atoms with E-state index in [2.05, 4.69) is 4.98 Å². The Labute approximate surface area is 167 Å². The monoisotopic (exact) mass is 466 g/mol. The van der Waals surface area contributed by atoms with E-state index in [0.717, 1.165) is 10.8 Å². The second-order valence-electron chi connectivity index (χ2n) is 5.71. The Morgan fingerprint density at radius 1 is 1.07 bits per heavy atom. The molecule has 0 saturated heterocycles. The highest BCUT2D eigenvalue weighted by Crippen LogP contribution is 2.45. The number of imidazole rings is 1. The summed E-state index contributed by atoms with van der Waals surface area (Å²) < 4.78 is 106. The maximum Gasteiger partial charge on any atom is 0.426 e. The Bertz CT molecular complexity index is 897. The van der Waals surface area contributed by atoms with Crippen LogP contribution in [0.1, 0.15) is 18.3 Å². The van der Waals surface area contributed by atoms with Crippen LogP contribution >= 0.6 is 11.6 Å². The van der Waals surface area contributed by atoms with E-state index in [1.54, 1.807) is 6.92 Å². The molecule has 5 nitrogen and oxygen atoms in total. The van der Waals surface area contributed by atoms with Gasteiger partial charge in [0.25, 0.3) is 5.60 Å². The molecule has 1 aromatic carbocycles. The lowest BCUT2D eigenvalue weighted by atomic mass is 9.92. The van der Waals surface area contributed by atoms with Crippen molar-refractivity contribution < 1.29 is 49.8 Å². The first-order valence-corrected chi connectivity index (χ1v) is 8.07. The van der Waals surface area contributed by atoms with Gasteiger partial charge in [-0.1, -0.05) is 18.5 Å². The molecule has 0 spiro atoms. The molecule has 2 rings (SSSR count). The van der Waals surface area contributed by atoms with Crippen LogP contribution in [-0.2, 0) is 22.4 Å². The van der Waals surface area contributed by atoms with Crippen molar-refractivity contribution in [2.45, 2.75) is 37.7 Å². The molecule has 0 unspecified atom stereocenters. The van der Waals surface area contributed by atoms with E-state index in [1.165, 1.54) is 0 Å². The normalized spacial score (nSPS) is 12.2. The van der Waals surface area contributed by atoms with Gasteiger partial charge in [0, 0.05) is 12.8 Å². The molecule has 14 heteroatoms. The van der Waals surface area contributed by atoms with Gasteiger partial charge in [-0.15, -0.1) is 0 Å². The number of carbonyl (C=O) groups excluding carboxylic acids is 2. The minimum atomic E-state index is -6.11. The van der Waals surface area contributed by atoms with Crippen LogP contribution in [-0.4, -0.2) is 38.8 Å². The zero-order valence-electron chi connectivity index (χ0n) is 14.7. The van der Waals surface area contributed by atoms with Crippen molar-refractivity contribution in [2.75, 3.05) is 0 Å². The summed E-state index contributed by atoms with van der Waals surface area (Å²) in [6, 6.07) is 0.549. The minimum Gasteiger partial charge on any atom is -0.373 e. The number of aliphatic hydroxyl groups is 1. The molecule has 1 N–H and O–H groups in total. The number of hydrogen-bond donors (Lipinski definition) is 1. The van der Waals surface area contributed by atoms with Gasteiger partial charge in [-0.3, -0.25) is 4.57 Å². The molecule has 30 heavy (non-hydrogen) atoms. The van der Waals surface area contributed by atoms with E-state index in [0.29, 0.717) is 0 Å². The first kappa shape index (κ1) is 25.5. The van der Waals surface area contributed by atoms with E-state index in [1.807, 2.05) is 0 Å². The van der Waals surface area contributed by atoms with Gasteiger partial charge in [0.15, 0.2) is 11.6 Å². The van der Waals surface area contributed by atoms with Crippen molar-refractivity contribution in [2.24, 2.45) is 0 Å². The number of halogens is 9. The van der Waals surface area contributed by atoms with E-state index in [4.69, 9.17) is 26.3 Å². The second kappa shape index (κ2) is 9.11. The Balaban J connectivity index is 0.00000141. The Morgan fingerprint density at radius 3 is 1.87 bits per heavy atom. The van der Waals surface area contributed by atoms with Crippen molar-refractivity contribution >= 4 is 17.8 Å². The molecule has 0 atom stereocenters. The van der Waals surface area contributed by atoms with Crippen molar-refractivity contribution in [3.63, 3.8) is 0 Å². The molecule has 0 saturated carbocycles. The van der Waals surface area contributed by atoms with E-state index >= 15 is 0 Å². The molecule has 2 aromatic rings. The number of nitrogens with zero attached hydrogens (tertiary/aromatic N) is 2. The molecule has 166 valence electrons. The van der Waals surface area contributed by atoms with E-state index < -0.39 is 47.3 Å². The topological polar surface area (TPSA) is 72.2 Å². The van der Waals surface area contributed by atoms with Crippen molar-refractivity contribution in [1.29, 1.82) is 0 Å². The molecular formula is C16H11ClF8N2O3. The lowest BCUT2D eigenvalue weighted by molar-refractivity contribution is -0.367. The van der Waals surface area contributed by atoms with Crippen LogP contribution in [0.15, 0.2) is 18.3 Å². The van der Waals surface area contributed by atoms with Gasteiger partial charge in [0.05, 0.1) is 6.20 Å². The SMILES string of the molecule is CCc1ncc(Cl)n1-c1c(F)cc(CC(O)(C(F)(F)F)C(F)(F)F)cc1F.O=C=O. The van der Waals surface area contributed by atoms with Gasteiger partial charge in [-0.05, 0) is 17.7 Å². The number of hydrogen-bond acceptors (Lipinski definition) is 4. The van der Waals surface area contributed by atoms with Gasteiger partial charge in [-0.2, -0.15) is 35.9 Å². The minimum absolute atomic E-state index is 0.118. The summed E-state index contributed by atoms with van der Waals surface area (Å²) in [5.74, 6) is -2.81. The van der Waals surface area contributed by atoms with Crippen LogP contribution in [0.5, 0.6) is 0 Å². The molecule has 0 aliphatic heterocycles. The van der Waals surface area contributed by atoms with Crippen LogP contribution in [0.2, 0.25) is 5.15 Å². The summed E-state index contributed by atoms with van der Waals surface area (Å²) >= 11 is 5.80. The summed E-state index contributed by atoms with van der Waals surface area (Å²) in [6.07, 6.45) is -12.8. The van der Waals surface area contributed by atoms with Crippen LogP contribution in [0.25, 0.3) is 5.69 Å². The maximum atomic E-state index is 14.3. The van der Waals surface area contributed by atoms with E-state index in [-0.39, 0.29) is 35.7 Å². The first-order valence-electron chi connectivity index (χ1n) is 7.70. The van der Waals surface area contributed by atoms with Crippen molar-refractivity contribution in [3.8, 4) is 5.69 Å². The lowest BCUT2D eigenvalue weighted by Gasteiger charge is -2.32. The summed E-state index contributed by atoms with van der Waals surface area (Å²) in [5.41, 5.74) is -7.01. The average molecular weight is 467 g/mol. The smallest absolute Gasteiger partial charge is 0.373 e. The zero-order valence-corrected chi connectivity index (χ0v) is 15.5. The molecular weight excluding hydrogens is 456 g/mol. The summed E-state index contributed by atoms with van der Waals surface area (Å²) in [7, 11) is 0. The molecule has 1 heterocycles. The fourth-order valence-electron chi connectivity index (χ4n) is 2.44. The van der Waals surface area contributed by atoms with Gasteiger partial charge < -0.3 is 5.11 Å². The third-order valence-electron chi connectivity index (χ3n) is 3.81. The third-order valence-corrected chi connectivity index (χ3v) is 4.07. The number of aromatic nitrogens is 2. The van der Waals surface area contributed by atoms with Gasteiger partial charge >= 0.3 is 18.5 Å². The molecule has 0 aliphatic rings. The summed E-state index contributed by atoms with van der Waals surface area (Å²) in [6.45, 7) is 1.59. The van der Waals surface area contributed by atoms with Crippen molar-refractivity contribution in [1.82, 2.24) is 9.55 Å². The number of benzene rings is 1. The second-order valence-corrected chi connectivity index (χ2v) is 6.10. The first-order chi connectivity index (χ1) is 13.6. The largest absolute Gasteiger partial charge is 0.426 e. The van der Waals surface area contributed by atoms with Gasteiger partial charge in [-0.25, -0.2) is 13.8 Å². The fourth-order valence-corrected chi connectivity index (χ4v) is 2.67. The average Bonchev–Trinajstić information content (AvgIpc) is 2.94. The zero-order chi connectivity index (χ0) is 23.5. The highest BCUT2D eigenvalue weighted by Gasteiger charge is 2.70. The summed E-state index contributed by atoms with van der Waals surface area (Å²) in [5, 5.41) is 8.96. The van der Waals surface area contributed by atoms with Crippen LogP contribution in [0.3, 0.4) is 0 Å². The third kappa shape index (κ3) is 4.97. The quantitative estimate of drug-likeness (QED) is 0.686. The van der Waals surface area contributed by atoms with Gasteiger partial charge in [0.2, 0.25) is 0 Å². The predicted octanol–water partition coefficient (Wildman–Crippen LogP) is 4.18. The van der Waals surface area contributed by atoms with Crippen LogP contribution in [0, 0.1) is 11.6 Å². The highest BCUT2D eigenvalue weighted by atomic mass is 35.5. The Hall–Kier alpha value is -2.50. The van der Waals surface area contributed by atoms with Crippen LogP contribution < -0.4 is 0 Å². The number of rotatable bonds is 4. The lowest BCUT2D eigenvalue weighted by Crippen LogP contribution is -2.58. The van der Waals surface area contributed by atoms with Gasteiger partial charge in [0.1, 0.15) is 16.7 Å². The molecule has 0 amide bonds. The molecule has 0 aliphatic carbocycles. The summed E-state index contributed by atoms with van der Waals surface area (Å²) in [4.78, 5) is 20.0. The molecule has 0 radical (unpaired) electrons. The molecule has 0 fully saturated rings.